The average molecular weight is 733 g/mol. The van der Waals surface area contributed by atoms with Gasteiger partial charge in [-0.25, -0.2) is 9.97 Å². The molecule has 6 nitrogen and oxygen atoms in total. The molecule has 0 atom stereocenters. The van der Waals surface area contributed by atoms with E-state index < -0.39 is 0 Å². The van der Waals surface area contributed by atoms with Crippen LogP contribution in [0.1, 0.15) is 50.7 Å². The molecule has 3 aromatic carbocycles. The zero-order valence-electron chi connectivity index (χ0n) is 23.7. The Bertz CT molecular complexity index is 2060. The molecule has 0 fully saturated rings. The minimum absolute atomic E-state index is 0. The second-order valence-corrected chi connectivity index (χ2v) is 11.0. The Labute approximate surface area is 258 Å². The predicted molar refractivity (Wildman–Crippen MR) is 163 cm³/mol. The van der Waals surface area contributed by atoms with Crippen LogP contribution in [0.4, 0.5) is 0 Å². The van der Waals surface area contributed by atoms with E-state index >= 15 is 0 Å². The van der Waals surface area contributed by atoms with E-state index in [9.17, 15) is 5.11 Å². The number of benzene rings is 3. The Morgan fingerprint density at radius 2 is 1.55 bits per heavy atom. The molecule has 0 aliphatic heterocycles. The van der Waals surface area contributed by atoms with Crippen LogP contribution in [0, 0.1) is 6.07 Å². The van der Waals surface area contributed by atoms with Gasteiger partial charge in [0.1, 0.15) is 22.8 Å². The van der Waals surface area contributed by atoms with Gasteiger partial charge in [0.25, 0.3) is 0 Å². The van der Waals surface area contributed by atoms with E-state index in [-0.39, 0.29) is 26.8 Å². The molecule has 0 aliphatic rings. The van der Waals surface area contributed by atoms with Gasteiger partial charge in [0.05, 0.1) is 29.2 Å². The number of aromatic nitrogens is 4. The molecule has 0 radical (unpaired) electrons. The summed E-state index contributed by atoms with van der Waals surface area (Å²) in [5, 5.41) is 13.2. The van der Waals surface area contributed by atoms with Gasteiger partial charge < -0.3 is 14.1 Å². The van der Waals surface area contributed by atoms with Crippen molar-refractivity contribution in [2.24, 2.45) is 0 Å². The zero-order valence-corrected chi connectivity index (χ0v) is 26.0. The number of nitrogens with zero attached hydrogens (tertiary/aromatic N) is 4. The molecule has 42 heavy (non-hydrogen) atoms. The number of rotatable bonds is 5. The van der Waals surface area contributed by atoms with E-state index in [2.05, 4.69) is 92.0 Å². The van der Waals surface area contributed by atoms with Gasteiger partial charge in [-0.3, -0.25) is 4.98 Å². The molecule has 0 saturated heterocycles. The summed E-state index contributed by atoms with van der Waals surface area (Å²) in [5.74, 6) is 1.49. The summed E-state index contributed by atoms with van der Waals surface area (Å²) in [4.78, 5) is 14.2. The number of pyridine rings is 2. The molecule has 0 unspecified atom stereocenters. The third-order valence-electron chi connectivity index (χ3n) is 7.70. The van der Waals surface area contributed by atoms with E-state index in [1.54, 1.807) is 6.20 Å². The Balaban J connectivity index is 0.00000316. The van der Waals surface area contributed by atoms with E-state index in [0.717, 1.165) is 33.5 Å². The van der Waals surface area contributed by atoms with Crippen LogP contribution in [0.25, 0.3) is 61.3 Å². The number of aromatic hydroxyl groups is 1. The van der Waals surface area contributed by atoms with Gasteiger partial charge in [-0.2, -0.15) is 0 Å². The number of para-hydroxylation sites is 1. The summed E-state index contributed by atoms with van der Waals surface area (Å²) >= 11 is 0. The second-order valence-electron chi connectivity index (χ2n) is 11.0. The summed E-state index contributed by atoms with van der Waals surface area (Å²) in [6.45, 7) is 8.92. The molecule has 0 aliphatic carbocycles. The summed E-state index contributed by atoms with van der Waals surface area (Å²) < 4.78 is 8.14. The van der Waals surface area contributed by atoms with E-state index in [1.807, 2.05) is 24.3 Å². The minimum atomic E-state index is 0. The first-order chi connectivity index (χ1) is 19.9. The van der Waals surface area contributed by atoms with Gasteiger partial charge in [0.2, 0.25) is 0 Å². The number of hydrogen-bond donors (Lipinski definition) is 1. The maximum Gasteiger partial charge on any atom is 0.159 e. The van der Waals surface area contributed by atoms with Crippen molar-refractivity contribution in [1.82, 2.24) is 19.5 Å². The van der Waals surface area contributed by atoms with Crippen molar-refractivity contribution in [3.8, 4) is 34.2 Å². The normalized spacial score (nSPS) is 11.7. The average Bonchev–Trinajstić information content (AvgIpc) is 3.58. The standard InChI is InChI=1S/C35H29N4O2.Pt/c1-20(2)23-12-8-13-24(21(3)4)34(23)39-19-28(38-35(39)26-14-7-10-22-9-5-6-11-25(22)26)27-15-16-30-33(37-27)32-29(40)17-36-18-31(32)41-30;/h5-10,12-21,40H,1-4H3;/q-1;. The van der Waals surface area contributed by atoms with Crippen molar-refractivity contribution in [2.75, 3.05) is 0 Å². The number of fused-ring (bicyclic) bond motifs is 4. The molecule has 4 aromatic heterocycles. The smallest absolute Gasteiger partial charge is 0.159 e. The first kappa shape index (κ1) is 27.9. The molecule has 7 aromatic rings. The Hall–Kier alpha value is -4.28. The van der Waals surface area contributed by atoms with E-state index in [0.29, 0.717) is 39.6 Å². The van der Waals surface area contributed by atoms with Gasteiger partial charge in [-0.1, -0.05) is 69.7 Å². The molecular weight excluding hydrogens is 703 g/mol. The fourth-order valence-electron chi connectivity index (χ4n) is 5.71. The van der Waals surface area contributed by atoms with Crippen LogP contribution in [0.5, 0.6) is 5.75 Å². The Morgan fingerprint density at radius 3 is 2.31 bits per heavy atom. The molecule has 0 bridgehead atoms. The molecule has 7 heteroatoms. The number of imidazole rings is 1. The molecule has 0 amide bonds. The Kier molecular flexibility index (Phi) is 7.20. The summed E-state index contributed by atoms with van der Waals surface area (Å²) in [5.41, 5.74) is 7.74. The van der Waals surface area contributed by atoms with Gasteiger partial charge >= 0.3 is 0 Å². The molecule has 4 heterocycles. The van der Waals surface area contributed by atoms with Crippen molar-refractivity contribution in [1.29, 1.82) is 0 Å². The fourth-order valence-corrected chi connectivity index (χ4v) is 5.71. The third kappa shape index (κ3) is 4.51. The van der Waals surface area contributed by atoms with Crippen molar-refractivity contribution >= 4 is 32.8 Å². The predicted octanol–water partition coefficient (Wildman–Crippen LogP) is 8.80. The van der Waals surface area contributed by atoms with Crippen LogP contribution in [0.3, 0.4) is 0 Å². The molecular formula is C35H29N4O2Pt-. The number of furan rings is 1. The first-order valence-corrected chi connectivity index (χ1v) is 13.9. The maximum absolute atomic E-state index is 10.5. The summed E-state index contributed by atoms with van der Waals surface area (Å²) in [7, 11) is 0. The number of hydrogen-bond acceptors (Lipinski definition) is 5. The van der Waals surface area contributed by atoms with Crippen LogP contribution >= 0.6 is 0 Å². The van der Waals surface area contributed by atoms with Gasteiger partial charge in [0.15, 0.2) is 11.2 Å². The summed E-state index contributed by atoms with van der Waals surface area (Å²) in [6, 6.07) is 26.2. The van der Waals surface area contributed by atoms with Crippen LogP contribution in [0.2, 0.25) is 0 Å². The minimum Gasteiger partial charge on any atom is -0.505 e. The Morgan fingerprint density at radius 1 is 0.810 bits per heavy atom. The van der Waals surface area contributed by atoms with Crippen molar-refractivity contribution in [3.63, 3.8) is 0 Å². The monoisotopic (exact) mass is 732 g/mol. The topological polar surface area (TPSA) is 77.0 Å². The summed E-state index contributed by atoms with van der Waals surface area (Å²) in [6.07, 6.45) is 5.09. The van der Waals surface area contributed by atoms with Crippen LogP contribution in [-0.2, 0) is 21.1 Å². The van der Waals surface area contributed by atoms with Gasteiger partial charge in [-0.05, 0) is 35.1 Å². The second kappa shape index (κ2) is 10.8. The van der Waals surface area contributed by atoms with Crippen LogP contribution in [-0.4, -0.2) is 24.6 Å². The molecule has 7 rings (SSSR count). The third-order valence-corrected chi connectivity index (χ3v) is 7.70. The molecule has 1 N–H and O–H groups in total. The van der Waals surface area contributed by atoms with Gasteiger partial charge in [-0.15, -0.1) is 35.0 Å². The first-order valence-electron chi connectivity index (χ1n) is 13.9. The van der Waals surface area contributed by atoms with Crippen LogP contribution in [0.15, 0.2) is 89.7 Å². The maximum atomic E-state index is 10.5. The fraction of sp³-hybridized carbons (Fsp3) is 0.171. The largest absolute Gasteiger partial charge is 0.505 e. The van der Waals surface area contributed by atoms with Crippen LogP contribution < -0.4 is 0 Å². The van der Waals surface area contributed by atoms with Gasteiger partial charge in [0, 0.05) is 27.3 Å². The zero-order chi connectivity index (χ0) is 28.2. The molecule has 0 spiro atoms. The quantitative estimate of drug-likeness (QED) is 0.179. The van der Waals surface area contributed by atoms with Crippen molar-refractivity contribution in [3.05, 3.63) is 103 Å². The van der Waals surface area contributed by atoms with E-state index in [4.69, 9.17) is 14.4 Å². The van der Waals surface area contributed by atoms with Crippen molar-refractivity contribution in [2.45, 2.75) is 39.5 Å². The SMILES string of the molecule is CC(C)c1cccc(C(C)C)c1-n1cc(-c2ccc3oc4cncc(O)c4c3n2)nc1-c1cccc2ccc[c-]c12.[Pt]. The molecule has 212 valence electrons. The van der Waals surface area contributed by atoms with Crippen molar-refractivity contribution < 1.29 is 30.6 Å². The van der Waals surface area contributed by atoms with E-state index in [1.165, 1.54) is 17.3 Å². The molecule has 0 saturated carbocycles.